The summed E-state index contributed by atoms with van der Waals surface area (Å²) in [6.07, 6.45) is 13.8. The first-order valence-corrected chi connectivity index (χ1v) is 16.5. The van der Waals surface area contributed by atoms with Gasteiger partial charge in [0.1, 0.15) is 0 Å². The molecule has 0 atom stereocenters. The number of nitrogens with one attached hydrogen (secondary N) is 2. The molecule has 0 aliphatic rings. The number of carboxylic acids is 2. The predicted molar refractivity (Wildman–Crippen MR) is 218 cm³/mol. The number of carbonyl (C=O) groups is 2. The third-order valence-electron chi connectivity index (χ3n) is 7.30. The number of rotatable bonds is 8. The van der Waals surface area contributed by atoms with E-state index in [9.17, 15) is 40.0 Å². The van der Waals surface area contributed by atoms with E-state index in [2.05, 4.69) is 50.3 Å². The Bertz CT molecular complexity index is 2260. The number of aromatic amines is 2. The minimum Gasteiger partial charge on any atom is -0.545 e. The van der Waals surface area contributed by atoms with E-state index in [0.29, 0.717) is 23.3 Å². The van der Waals surface area contributed by atoms with E-state index >= 15 is 0 Å². The number of aromatic carboxylic acids is 2. The molecule has 24 nitrogen and oxygen atoms in total. The van der Waals surface area contributed by atoms with E-state index in [-0.39, 0.29) is 61.2 Å². The van der Waals surface area contributed by atoms with Crippen LogP contribution in [-0.2, 0) is 27.7 Å². The molecule has 0 aliphatic carbocycles. The van der Waals surface area contributed by atoms with Crippen molar-refractivity contribution in [3.8, 4) is 45.6 Å². The number of hydrogen-bond donors (Lipinski definition) is 2. The van der Waals surface area contributed by atoms with E-state index in [0.717, 1.165) is 34.4 Å². The van der Waals surface area contributed by atoms with Crippen molar-refractivity contribution in [2.45, 2.75) is 0 Å². The first kappa shape index (κ1) is 54.4. The molecule has 0 unspecified atom stereocenters. The summed E-state index contributed by atoms with van der Waals surface area (Å²) in [7, 11) is 0. The van der Waals surface area contributed by atoms with Crippen molar-refractivity contribution in [3.05, 3.63) is 178 Å². The van der Waals surface area contributed by atoms with E-state index in [1.807, 2.05) is 48.5 Å². The second-order valence-electron chi connectivity index (χ2n) is 11.2. The molecule has 25 heteroatoms. The topological polar surface area (TPSA) is 430 Å². The molecule has 1 radical (unpaired) electrons. The summed E-state index contributed by atoms with van der Waals surface area (Å²) in [5.41, 5.74) is 2.82. The zero-order valence-electron chi connectivity index (χ0n) is 32.1. The molecule has 0 bridgehead atoms. The number of benzene rings is 2. The van der Waals surface area contributed by atoms with Gasteiger partial charge in [-0.25, -0.2) is 9.97 Å². The van der Waals surface area contributed by atoms with Gasteiger partial charge in [-0.1, -0.05) is 24.3 Å². The largest absolute Gasteiger partial charge is 2.00 e. The number of H-pyrrole nitrogens is 2. The van der Waals surface area contributed by atoms with Gasteiger partial charge in [-0.3, -0.25) is 50.4 Å². The maximum absolute atomic E-state index is 10.2. The van der Waals surface area contributed by atoms with Gasteiger partial charge in [-0.05, 0) is 48.5 Å². The normalized spacial score (nSPS) is 9.14. The van der Waals surface area contributed by atoms with Gasteiger partial charge in [0.25, 0.3) is 11.4 Å². The molecular formula is C38H36CoN12O12+2. The van der Waals surface area contributed by atoms with Gasteiger partial charge >= 0.3 is 16.8 Å². The van der Waals surface area contributed by atoms with Crippen LogP contribution in [0.25, 0.3) is 45.6 Å². The molecule has 63 heavy (non-hydrogen) atoms. The number of carboxylic acid groups (broad SMARTS) is 2. The Morgan fingerprint density at radius 3 is 1.16 bits per heavy atom. The maximum Gasteiger partial charge on any atom is 2.00 e. The van der Waals surface area contributed by atoms with Gasteiger partial charge in [0.2, 0.25) is 0 Å². The van der Waals surface area contributed by atoms with E-state index in [1.54, 1.807) is 49.6 Å². The molecule has 0 saturated heterocycles. The van der Waals surface area contributed by atoms with Crippen molar-refractivity contribution < 1.29 is 68.3 Å². The molecule has 0 saturated carbocycles. The Morgan fingerprint density at radius 1 is 0.492 bits per heavy atom. The molecular weight excluding hydrogens is 875 g/mol. The molecule has 12 N–H and O–H groups in total. The molecule has 2 aromatic carbocycles. The van der Waals surface area contributed by atoms with Gasteiger partial charge in [-0.2, -0.15) is 10.2 Å². The number of nitrogens with zero attached hydrogens (tertiary/aromatic N) is 10. The molecule has 0 aliphatic heterocycles. The van der Waals surface area contributed by atoms with Crippen molar-refractivity contribution >= 4 is 23.3 Å². The zero-order valence-corrected chi connectivity index (χ0v) is 33.1. The number of non-ortho nitro benzene ring substituents is 2. The quantitative estimate of drug-likeness (QED) is 0.117. The fourth-order valence-corrected chi connectivity index (χ4v) is 4.54. The Morgan fingerprint density at radius 2 is 0.857 bits per heavy atom. The monoisotopic (exact) mass is 911 g/mol. The summed E-state index contributed by atoms with van der Waals surface area (Å²) in [5.74, 6) is -0.0928. The van der Waals surface area contributed by atoms with Crippen LogP contribution in [0.4, 0.5) is 11.4 Å². The first-order valence-electron chi connectivity index (χ1n) is 16.5. The van der Waals surface area contributed by atoms with Gasteiger partial charge in [0.05, 0.1) is 21.8 Å². The van der Waals surface area contributed by atoms with Gasteiger partial charge in [0.15, 0.2) is 23.3 Å². The summed E-state index contributed by atoms with van der Waals surface area (Å²) >= 11 is 0. The van der Waals surface area contributed by atoms with E-state index < -0.39 is 21.8 Å². The minimum atomic E-state index is -1.42. The predicted octanol–water partition coefficient (Wildman–Crippen LogP) is 0.278. The van der Waals surface area contributed by atoms with Crippen LogP contribution in [0.5, 0.6) is 0 Å². The molecule has 6 aromatic heterocycles. The second-order valence-corrected chi connectivity index (χ2v) is 11.2. The number of aromatic nitrogens is 10. The average molecular weight is 912 g/mol. The molecule has 0 spiro atoms. The summed E-state index contributed by atoms with van der Waals surface area (Å²) in [6, 6.07) is 24.5. The van der Waals surface area contributed by atoms with Crippen molar-refractivity contribution in [2.24, 2.45) is 0 Å². The van der Waals surface area contributed by atoms with Crippen LogP contribution in [0.2, 0.25) is 0 Å². The Balaban J connectivity index is 0.000000804. The minimum absolute atomic E-state index is 0. The smallest absolute Gasteiger partial charge is 0.545 e. The van der Waals surface area contributed by atoms with Crippen LogP contribution in [0.3, 0.4) is 0 Å². The van der Waals surface area contributed by atoms with E-state index in [4.69, 9.17) is 0 Å². The maximum atomic E-state index is 10.2. The second kappa shape index (κ2) is 27.2. The van der Waals surface area contributed by atoms with Crippen LogP contribution in [-0.4, -0.2) is 83.0 Å². The third-order valence-corrected chi connectivity index (χ3v) is 7.30. The summed E-state index contributed by atoms with van der Waals surface area (Å²) < 4.78 is 0. The molecule has 327 valence electrons. The average Bonchev–Trinajstić information content (AvgIpc) is 3.98. The number of hydrogen-bond acceptors (Lipinski definition) is 16. The van der Waals surface area contributed by atoms with E-state index in [1.165, 1.54) is 36.4 Å². The molecule has 6 heterocycles. The van der Waals surface area contributed by atoms with Crippen LogP contribution in [0, 0.1) is 20.2 Å². The SMILES string of the molecule is O.O.O=C([O-])c1cccc([N+](=O)[O-])c1.O=C([O-])c1cccc([N+](=O)[O-])c1.[Co+2].[OH3+].[OH3+].c1cncc(-c2nc(-c3ccncc3)n[nH]2)c1.c1cncc(-c2nc(-c3ccncc3)n[nH]2)c1. The van der Waals surface area contributed by atoms with Crippen molar-refractivity contribution in [1.82, 2.24) is 50.3 Å². The zero-order chi connectivity index (χ0) is 41.3. The summed E-state index contributed by atoms with van der Waals surface area (Å²) in [5, 5.41) is 55.0. The number of nitro groups is 2. The Kier molecular flexibility index (Phi) is 23.5. The molecule has 8 rings (SSSR count). The van der Waals surface area contributed by atoms with Crippen molar-refractivity contribution in [3.63, 3.8) is 0 Å². The fraction of sp³-hybridized carbons (Fsp3) is 0. The third kappa shape index (κ3) is 16.2. The van der Waals surface area contributed by atoms with Crippen LogP contribution < -0.4 is 10.2 Å². The number of carbonyl (C=O) groups excluding carboxylic acids is 2. The van der Waals surface area contributed by atoms with Gasteiger partial charge in [-0.15, -0.1) is 0 Å². The van der Waals surface area contributed by atoms with Crippen LogP contribution in [0.15, 0.2) is 147 Å². The van der Waals surface area contributed by atoms with Gasteiger partial charge < -0.3 is 41.7 Å². The van der Waals surface area contributed by atoms with Crippen molar-refractivity contribution in [2.75, 3.05) is 0 Å². The summed E-state index contributed by atoms with van der Waals surface area (Å²) in [6.45, 7) is 0. The molecule has 8 aromatic rings. The first-order chi connectivity index (χ1) is 28.1. The Hall–Kier alpha value is -8.59. The van der Waals surface area contributed by atoms with Crippen LogP contribution >= 0.6 is 0 Å². The Labute approximate surface area is 364 Å². The van der Waals surface area contributed by atoms with Crippen molar-refractivity contribution in [1.29, 1.82) is 0 Å². The van der Waals surface area contributed by atoms with Crippen LogP contribution in [0.1, 0.15) is 20.7 Å². The summed E-state index contributed by atoms with van der Waals surface area (Å²) in [4.78, 5) is 64.3. The number of pyridine rings is 4. The molecule has 0 fully saturated rings. The number of nitro benzene ring substituents is 2. The molecule has 0 amide bonds. The fourth-order valence-electron chi connectivity index (χ4n) is 4.54. The van der Waals surface area contributed by atoms with Gasteiger partial charge in [0, 0.05) is 107 Å². The standard InChI is InChI=1S/2C12H9N5.2C7H5NO4.Co.4H2O/c2*1-2-10(8-14-5-1)12-15-11(16-17-12)9-3-6-13-7-4-9;2*9-7(10)5-2-1-3-6(4-5)8(11)12;;;;;/h2*1-8H,(H,15,16,17);2*1-4H,(H,9,10);;4*1H2/q;;;;+2;;;;.